The predicted octanol–water partition coefficient (Wildman–Crippen LogP) is 7.27. The number of unbranched alkanes of at least 4 members (excludes halogenated alkanes) is 3. The fraction of sp³-hybridized carbons (Fsp3) is 0.333. The predicted molar refractivity (Wildman–Crippen MR) is 152 cm³/mol. The standard InChI is InChI=1S/C30H33Cl2N3O2/c31-24-17-15-23(16-18-24)22-30(36)33-19-7-1-2-14-29-34-26-11-4-5-12-27(26)35(29)20-8-9-21-37-28-13-6-3-10-25(28)32/h3-6,10-13,15-18H,1-2,7-9,14,19-22H2,(H,33,36). The van der Waals surface area contributed by atoms with E-state index in [-0.39, 0.29) is 5.91 Å². The summed E-state index contributed by atoms with van der Waals surface area (Å²) in [6.45, 7) is 2.23. The molecule has 5 nitrogen and oxygen atoms in total. The molecule has 0 radical (unpaired) electrons. The molecular weight excluding hydrogens is 505 g/mol. The Morgan fingerprint density at radius 1 is 0.865 bits per heavy atom. The van der Waals surface area contributed by atoms with Crippen molar-refractivity contribution in [1.29, 1.82) is 0 Å². The second kappa shape index (κ2) is 14.1. The number of amides is 1. The summed E-state index contributed by atoms with van der Waals surface area (Å²) in [5.41, 5.74) is 3.19. The number of benzene rings is 3. The van der Waals surface area contributed by atoms with Gasteiger partial charge in [-0.3, -0.25) is 4.79 Å². The molecular formula is C30H33Cl2N3O2. The van der Waals surface area contributed by atoms with E-state index < -0.39 is 0 Å². The zero-order chi connectivity index (χ0) is 25.9. The first kappa shape index (κ1) is 27.0. The number of para-hydroxylation sites is 3. The molecule has 0 bridgehead atoms. The maximum absolute atomic E-state index is 12.2. The third-order valence-corrected chi connectivity index (χ3v) is 6.85. The first-order valence-electron chi connectivity index (χ1n) is 12.9. The van der Waals surface area contributed by atoms with E-state index in [0.717, 1.165) is 67.7 Å². The molecule has 4 aromatic rings. The minimum Gasteiger partial charge on any atom is -0.492 e. The molecule has 0 aliphatic carbocycles. The van der Waals surface area contributed by atoms with Crippen LogP contribution in [-0.2, 0) is 24.2 Å². The number of ether oxygens (including phenoxy) is 1. The number of aromatic nitrogens is 2. The molecule has 0 aliphatic rings. The van der Waals surface area contributed by atoms with Crippen molar-refractivity contribution < 1.29 is 9.53 Å². The van der Waals surface area contributed by atoms with Crippen molar-refractivity contribution >= 4 is 40.1 Å². The van der Waals surface area contributed by atoms with Gasteiger partial charge in [-0.2, -0.15) is 0 Å². The van der Waals surface area contributed by atoms with Gasteiger partial charge in [-0.05, 0) is 67.6 Å². The molecule has 1 amide bonds. The van der Waals surface area contributed by atoms with Crippen molar-refractivity contribution in [2.45, 2.75) is 51.5 Å². The molecule has 7 heteroatoms. The highest BCUT2D eigenvalue weighted by atomic mass is 35.5. The smallest absolute Gasteiger partial charge is 0.224 e. The van der Waals surface area contributed by atoms with E-state index in [1.165, 1.54) is 5.52 Å². The number of halogens is 2. The number of carbonyl (C=O) groups excluding carboxylic acids is 1. The van der Waals surface area contributed by atoms with Gasteiger partial charge >= 0.3 is 0 Å². The van der Waals surface area contributed by atoms with Crippen molar-refractivity contribution in [3.63, 3.8) is 0 Å². The largest absolute Gasteiger partial charge is 0.492 e. The topological polar surface area (TPSA) is 56.2 Å². The summed E-state index contributed by atoms with van der Waals surface area (Å²) in [7, 11) is 0. The highest BCUT2D eigenvalue weighted by Crippen LogP contribution is 2.23. The lowest BCUT2D eigenvalue weighted by atomic mass is 10.1. The summed E-state index contributed by atoms with van der Waals surface area (Å²) in [6, 6.07) is 23.3. The van der Waals surface area contributed by atoms with E-state index in [0.29, 0.717) is 29.6 Å². The zero-order valence-corrected chi connectivity index (χ0v) is 22.5. The van der Waals surface area contributed by atoms with Crippen LogP contribution in [0.3, 0.4) is 0 Å². The maximum Gasteiger partial charge on any atom is 0.224 e. The Bertz CT molecular complexity index is 1290. The Kier molecular flexibility index (Phi) is 10.3. The molecule has 37 heavy (non-hydrogen) atoms. The first-order valence-corrected chi connectivity index (χ1v) is 13.7. The van der Waals surface area contributed by atoms with Crippen LogP contribution in [0.25, 0.3) is 11.0 Å². The van der Waals surface area contributed by atoms with E-state index in [1.54, 1.807) is 0 Å². The van der Waals surface area contributed by atoms with Gasteiger partial charge in [-0.25, -0.2) is 4.98 Å². The molecule has 3 aromatic carbocycles. The van der Waals surface area contributed by atoms with E-state index in [2.05, 4.69) is 28.1 Å². The first-order chi connectivity index (χ1) is 18.1. The van der Waals surface area contributed by atoms with Crippen molar-refractivity contribution in [1.82, 2.24) is 14.9 Å². The molecule has 0 saturated heterocycles. The van der Waals surface area contributed by atoms with Gasteiger partial charge in [0.2, 0.25) is 5.91 Å². The lowest BCUT2D eigenvalue weighted by Gasteiger charge is -2.11. The number of fused-ring (bicyclic) bond motifs is 1. The zero-order valence-electron chi connectivity index (χ0n) is 21.0. The van der Waals surface area contributed by atoms with Gasteiger partial charge in [-0.1, -0.05) is 66.0 Å². The summed E-state index contributed by atoms with van der Waals surface area (Å²) in [5.74, 6) is 1.90. The van der Waals surface area contributed by atoms with Gasteiger partial charge in [0.25, 0.3) is 0 Å². The minimum atomic E-state index is 0.0441. The van der Waals surface area contributed by atoms with Crippen LogP contribution in [0.5, 0.6) is 5.75 Å². The number of aryl methyl sites for hydroxylation is 2. The maximum atomic E-state index is 12.2. The number of nitrogens with one attached hydrogen (secondary N) is 1. The summed E-state index contributed by atoms with van der Waals surface area (Å²) < 4.78 is 8.18. The average Bonchev–Trinajstić information content (AvgIpc) is 3.25. The van der Waals surface area contributed by atoms with Crippen LogP contribution in [0.15, 0.2) is 72.8 Å². The lowest BCUT2D eigenvalue weighted by Crippen LogP contribution is -2.26. The van der Waals surface area contributed by atoms with Crippen LogP contribution in [-0.4, -0.2) is 28.6 Å². The summed E-state index contributed by atoms with van der Waals surface area (Å²) in [4.78, 5) is 17.1. The van der Waals surface area contributed by atoms with E-state index in [4.69, 9.17) is 32.9 Å². The van der Waals surface area contributed by atoms with Crippen molar-refractivity contribution in [2.24, 2.45) is 0 Å². The normalized spacial score (nSPS) is 11.1. The number of nitrogens with zero attached hydrogens (tertiary/aromatic N) is 2. The molecule has 194 valence electrons. The van der Waals surface area contributed by atoms with Crippen molar-refractivity contribution in [3.05, 3.63) is 94.2 Å². The third kappa shape index (κ3) is 8.24. The number of hydrogen-bond acceptors (Lipinski definition) is 3. The lowest BCUT2D eigenvalue weighted by molar-refractivity contribution is -0.120. The number of imidazole rings is 1. The molecule has 0 unspecified atom stereocenters. The van der Waals surface area contributed by atoms with Gasteiger partial charge in [0.05, 0.1) is 29.1 Å². The molecule has 4 rings (SSSR count). The molecule has 0 saturated carbocycles. The van der Waals surface area contributed by atoms with Crippen LogP contribution >= 0.6 is 23.2 Å². The fourth-order valence-corrected chi connectivity index (χ4v) is 4.66. The van der Waals surface area contributed by atoms with Crippen LogP contribution in [0.2, 0.25) is 10.0 Å². The highest BCUT2D eigenvalue weighted by Gasteiger charge is 2.10. The van der Waals surface area contributed by atoms with E-state index >= 15 is 0 Å². The molecule has 0 atom stereocenters. The van der Waals surface area contributed by atoms with E-state index in [9.17, 15) is 4.79 Å². The van der Waals surface area contributed by atoms with Crippen LogP contribution in [0, 0.1) is 0 Å². The number of hydrogen-bond donors (Lipinski definition) is 1. The van der Waals surface area contributed by atoms with Crippen LogP contribution in [0.4, 0.5) is 0 Å². The Hall–Kier alpha value is -3.02. The molecule has 0 fully saturated rings. The van der Waals surface area contributed by atoms with Gasteiger partial charge in [0, 0.05) is 24.5 Å². The highest BCUT2D eigenvalue weighted by molar-refractivity contribution is 6.32. The van der Waals surface area contributed by atoms with Gasteiger partial charge in [0.15, 0.2) is 0 Å². The van der Waals surface area contributed by atoms with Crippen molar-refractivity contribution in [3.8, 4) is 5.75 Å². The summed E-state index contributed by atoms with van der Waals surface area (Å²) in [5, 5.41) is 4.35. The van der Waals surface area contributed by atoms with Crippen LogP contribution < -0.4 is 10.1 Å². The SMILES string of the molecule is O=C(Cc1ccc(Cl)cc1)NCCCCCc1nc2ccccc2n1CCCCOc1ccccc1Cl. The Labute approximate surface area is 228 Å². The summed E-state index contributed by atoms with van der Waals surface area (Å²) >= 11 is 12.1. The van der Waals surface area contributed by atoms with Gasteiger partial charge in [0.1, 0.15) is 11.6 Å². The molecule has 0 aliphatic heterocycles. The minimum absolute atomic E-state index is 0.0441. The average molecular weight is 539 g/mol. The van der Waals surface area contributed by atoms with Crippen molar-refractivity contribution in [2.75, 3.05) is 13.2 Å². The van der Waals surface area contributed by atoms with Crippen LogP contribution in [0.1, 0.15) is 43.5 Å². The number of rotatable bonds is 14. The quantitative estimate of drug-likeness (QED) is 0.172. The Morgan fingerprint density at radius 3 is 2.49 bits per heavy atom. The van der Waals surface area contributed by atoms with Gasteiger partial charge in [-0.15, -0.1) is 0 Å². The summed E-state index contributed by atoms with van der Waals surface area (Å²) in [6.07, 6.45) is 6.26. The number of carbonyl (C=O) groups is 1. The second-order valence-corrected chi connectivity index (χ2v) is 9.96. The fourth-order valence-electron chi connectivity index (χ4n) is 4.34. The second-order valence-electron chi connectivity index (χ2n) is 9.12. The molecule has 1 N–H and O–H groups in total. The Balaban J connectivity index is 1.19. The monoisotopic (exact) mass is 537 g/mol. The molecule has 0 spiro atoms. The van der Waals surface area contributed by atoms with E-state index in [1.807, 2.05) is 54.6 Å². The Morgan fingerprint density at radius 2 is 1.65 bits per heavy atom. The third-order valence-electron chi connectivity index (χ3n) is 6.28. The molecule has 1 heterocycles. The van der Waals surface area contributed by atoms with Gasteiger partial charge < -0.3 is 14.6 Å². The molecule has 1 aromatic heterocycles.